The molecule has 0 radical (unpaired) electrons. The predicted octanol–water partition coefficient (Wildman–Crippen LogP) is 2.01. The molecule has 0 aliphatic rings. The van der Waals surface area contributed by atoms with Crippen LogP contribution in [0.3, 0.4) is 0 Å². The van der Waals surface area contributed by atoms with E-state index >= 15 is 0 Å². The van der Waals surface area contributed by atoms with Crippen LogP contribution in [0.2, 0.25) is 0 Å². The van der Waals surface area contributed by atoms with E-state index in [-0.39, 0.29) is 5.41 Å². The second-order valence-electron chi connectivity index (χ2n) is 6.20. The topological polar surface area (TPSA) is 32.6 Å². The molecule has 2 rings (SSSR count). The molecular formula is C15H24N4. The second-order valence-corrected chi connectivity index (χ2v) is 6.20. The number of rotatable bonds is 6. The van der Waals surface area contributed by atoms with E-state index in [1.807, 2.05) is 24.4 Å². The number of pyridine rings is 1. The molecule has 0 saturated heterocycles. The van der Waals surface area contributed by atoms with Gasteiger partial charge in [-0.2, -0.15) is 0 Å². The molecule has 2 heterocycles. The van der Waals surface area contributed by atoms with Crippen LogP contribution < -0.4 is 5.32 Å². The maximum Gasteiger partial charge on any atom is 0.137 e. The first kappa shape index (κ1) is 14.0. The molecule has 0 amide bonds. The molecule has 2 aromatic heterocycles. The predicted molar refractivity (Wildman–Crippen MR) is 79.2 cm³/mol. The fourth-order valence-electron chi connectivity index (χ4n) is 2.51. The van der Waals surface area contributed by atoms with Crippen molar-refractivity contribution in [1.82, 2.24) is 19.6 Å². The normalized spacial score (nSPS) is 12.5. The molecule has 4 heteroatoms. The summed E-state index contributed by atoms with van der Waals surface area (Å²) in [5.74, 6) is 0. The third kappa shape index (κ3) is 4.04. The van der Waals surface area contributed by atoms with Crippen LogP contribution in [-0.4, -0.2) is 41.5 Å². The minimum absolute atomic E-state index is 0.267. The lowest BCUT2D eigenvalue weighted by molar-refractivity contribution is 0.232. The van der Waals surface area contributed by atoms with Gasteiger partial charge in [-0.1, -0.05) is 19.9 Å². The van der Waals surface area contributed by atoms with E-state index < -0.39 is 0 Å². The van der Waals surface area contributed by atoms with Crippen LogP contribution in [0.4, 0.5) is 0 Å². The largest absolute Gasteiger partial charge is 0.311 e. The molecule has 104 valence electrons. The molecule has 4 nitrogen and oxygen atoms in total. The number of hydrogen-bond donors (Lipinski definition) is 1. The number of nitrogens with zero attached hydrogens (tertiary/aromatic N) is 3. The van der Waals surface area contributed by atoms with Gasteiger partial charge in [0.15, 0.2) is 0 Å². The van der Waals surface area contributed by atoms with Crippen molar-refractivity contribution in [3.63, 3.8) is 0 Å². The highest BCUT2D eigenvalue weighted by Gasteiger charge is 2.18. The Labute approximate surface area is 115 Å². The zero-order valence-electron chi connectivity index (χ0n) is 12.3. The van der Waals surface area contributed by atoms with Crippen molar-refractivity contribution in [3.8, 4) is 0 Å². The summed E-state index contributed by atoms with van der Waals surface area (Å²) in [6.45, 7) is 7.44. The van der Waals surface area contributed by atoms with E-state index in [2.05, 4.69) is 53.7 Å². The summed E-state index contributed by atoms with van der Waals surface area (Å²) in [4.78, 5) is 6.81. The molecule has 0 fully saturated rings. The van der Waals surface area contributed by atoms with Crippen molar-refractivity contribution >= 4 is 5.65 Å². The van der Waals surface area contributed by atoms with Crippen molar-refractivity contribution in [2.45, 2.75) is 20.4 Å². The molecule has 0 bridgehead atoms. The van der Waals surface area contributed by atoms with Crippen LogP contribution in [0.5, 0.6) is 0 Å². The molecule has 0 aromatic carbocycles. The number of aromatic nitrogens is 2. The van der Waals surface area contributed by atoms with Crippen molar-refractivity contribution in [3.05, 3.63) is 36.3 Å². The summed E-state index contributed by atoms with van der Waals surface area (Å²) < 4.78 is 2.06. The number of fused-ring (bicyclic) bond motifs is 1. The van der Waals surface area contributed by atoms with Gasteiger partial charge in [0.1, 0.15) is 5.65 Å². The minimum atomic E-state index is 0.267. The lowest BCUT2D eigenvalue weighted by Crippen LogP contribution is -2.37. The highest BCUT2D eigenvalue weighted by Crippen LogP contribution is 2.14. The summed E-state index contributed by atoms with van der Waals surface area (Å²) in [7, 11) is 4.23. The first-order valence-corrected chi connectivity index (χ1v) is 6.74. The molecule has 19 heavy (non-hydrogen) atoms. The molecule has 0 aliphatic heterocycles. The summed E-state index contributed by atoms with van der Waals surface area (Å²) >= 11 is 0. The first-order valence-electron chi connectivity index (χ1n) is 6.74. The maximum absolute atomic E-state index is 4.58. The van der Waals surface area contributed by atoms with Crippen LogP contribution in [0, 0.1) is 5.41 Å². The third-order valence-corrected chi connectivity index (χ3v) is 3.07. The summed E-state index contributed by atoms with van der Waals surface area (Å²) in [5, 5.41) is 3.51. The average molecular weight is 260 g/mol. The Morgan fingerprint density at radius 3 is 2.79 bits per heavy atom. The molecule has 0 aliphatic carbocycles. The zero-order chi connectivity index (χ0) is 13.9. The Kier molecular flexibility index (Phi) is 4.22. The lowest BCUT2D eigenvalue weighted by atomic mass is 9.93. The quantitative estimate of drug-likeness (QED) is 0.862. The van der Waals surface area contributed by atoms with Crippen LogP contribution in [0.15, 0.2) is 30.6 Å². The van der Waals surface area contributed by atoms with Crippen LogP contribution in [0.1, 0.15) is 19.5 Å². The van der Waals surface area contributed by atoms with Gasteiger partial charge in [0.2, 0.25) is 0 Å². The number of nitrogens with one attached hydrogen (secondary N) is 1. The third-order valence-electron chi connectivity index (χ3n) is 3.07. The Bertz CT molecular complexity index is 495. The highest BCUT2D eigenvalue weighted by molar-refractivity contribution is 5.39. The Hall–Kier alpha value is -1.39. The van der Waals surface area contributed by atoms with E-state index in [1.165, 1.54) is 0 Å². The molecule has 0 saturated carbocycles. The Morgan fingerprint density at radius 2 is 2.11 bits per heavy atom. The van der Waals surface area contributed by atoms with Gasteiger partial charge in [-0.15, -0.1) is 0 Å². The van der Waals surface area contributed by atoms with Crippen LogP contribution in [-0.2, 0) is 6.54 Å². The van der Waals surface area contributed by atoms with Gasteiger partial charge in [-0.05, 0) is 31.6 Å². The zero-order valence-corrected chi connectivity index (χ0v) is 12.3. The van der Waals surface area contributed by atoms with E-state index in [0.29, 0.717) is 0 Å². The van der Waals surface area contributed by atoms with Gasteiger partial charge in [-0.25, -0.2) is 4.98 Å². The van der Waals surface area contributed by atoms with Gasteiger partial charge < -0.3 is 14.6 Å². The van der Waals surface area contributed by atoms with Gasteiger partial charge >= 0.3 is 0 Å². The summed E-state index contributed by atoms with van der Waals surface area (Å²) in [6, 6.07) is 6.06. The lowest BCUT2D eigenvalue weighted by Gasteiger charge is -2.28. The molecule has 0 unspecified atom stereocenters. The molecule has 0 spiro atoms. The maximum atomic E-state index is 4.58. The Balaban J connectivity index is 1.88. The van der Waals surface area contributed by atoms with Crippen LogP contribution in [0.25, 0.3) is 5.65 Å². The molecule has 0 atom stereocenters. The van der Waals surface area contributed by atoms with Crippen LogP contribution >= 0.6 is 0 Å². The first-order chi connectivity index (χ1) is 8.96. The fraction of sp³-hybridized carbons (Fsp3) is 0.533. The van der Waals surface area contributed by atoms with E-state index in [1.54, 1.807) is 0 Å². The average Bonchev–Trinajstić information content (AvgIpc) is 2.69. The van der Waals surface area contributed by atoms with Gasteiger partial charge in [0.25, 0.3) is 0 Å². The van der Waals surface area contributed by atoms with Crippen molar-refractivity contribution in [2.24, 2.45) is 5.41 Å². The Morgan fingerprint density at radius 1 is 1.32 bits per heavy atom. The summed E-state index contributed by atoms with van der Waals surface area (Å²) in [6.07, 6.45) is 4.11. The van der Waals surface area contributed by atoms with E-state index in [9.17, 15) is 0 Å². The minimum Gasteiger partial charge on any atom is -0.311 e. The van der Waals surface area contributed by atoms with Crippen molar-refractivity contribution < 1.29 is 0 Å². The second kappa shape index (κ2) is 5.72. The number of hydrogen-bond acceptors (Lipinski definition) is 3. The van der Waals surface area contributed by atoms with Crippen molar-refractivity contribution in [1.29, 1.82) is 0 Å². The monoisotopic (exact) mass is 260 g/mol. The van der Waals surface area contributed by atoms with Gasteiger partial charge in [0, 0.05) is 32.0 Å². The highest BCUT2D eigenvalue weighted by atomic mass is 15.1. The molecule has 1 N–H and O–H groups in total. The van der Waals surface area contributed by atoms with Gasteiger partial charge in [-0.3, -0.25) is 0 Å². The smallest absolute Gasteiger partial charge is 0.137 e. The van der Waals surface area contributed by atoms with Crippen molar-refractivity contribution in [2.75, 3.05) is 27.2 Å². The van der Waals surface area contributed by atoms with E-state index in [0.717, 1.165) is 31.0 Å². The van der Waals surface area contributed by atoms with Gasteiger partial charge in [0.05, 0.1) is 5.69 Å². The fourth-order valence-corrected chi connectivity index (χ4v) is 2.51. The summed E-state index contributed by atoms with van der Waals surface area (Å²) in [5.41, 5.74) is 2.36. The van der Waals surface area contributed by atoms with E-state index in [4.69, 9.17) is 0 Å². The SMILES string of the molecule is CN(C)CC(C)(C)CNCc1cn2ccccc2n1. The number of imidazole rings is 1. The molecular weight excluding hydrogens is 236 g/mol. The molecule has 2 aromatic rings. The standard InChI is InChI=1S/C15H24N4/c1-15(2,12-18(3)4)11-16-9-13-10-19-8-6-5-7-14(19)17-13/h5-8,10,16H,9,11-12H2,1-4H3.